The minimum absolute atomic E-state index is 0.0534. The summed E-state index contributed by atoms with van der Waals surface area (Å²) < 4.78 is 29.1. The van der Waals surface area contributed by atoms with Gasteiger partial charge in [0.05, 0.1) is 20.6 Å². The lowest BCUT2D eigenvalue weighted by atomic mass is 10.0. The third kappa shape index (κ3) is 8.11. The van der Waals surface area contributed by atoms with Crippen LogP contribution in [0.5, 0.6) is 0 Å². The molecule has 0 radical (unpaired) electrons. The molecule has 1 unspecified atom stereocenters. The van der Waals surface area contributed by atoms with Crippen molar-refractivity contribution in [3.8, 4) is 0 Å². The summed E-state index contributed by atoms with van der Waals surface area (Å²) in [6.07, 6.45) is 4.25. The van der Waals surface area contributed by atoms with Crippen LogP contribution >= 0.6 is 23.2 Å². The van der Waals surface area contributed by atoms with Gasteiger partial charge in [-0.25, -0.2) is 8.42 Å². The Morgan fingerprint density at radius 2 is 1.58 bits per heavy atom. The number of sulfonamides is 1. The van der Waals surface area contributed by atoms with E-state index in [1.54, 1.807) is 48.5 Å². The van der Waals surface area contributed by atoms with Crippen LogP contribution in [0, 0.1) is 0 Å². The normalized spacial score (nSPS) is 14.5. The molecule has 43 heavy (non-hydrogen) atoms. The summed E-state index contributed by atoms with van der Waals surface area (Å²) in [6.45, 7) is 5.51. The lowest BCUT2D eigenvalue weighted by Crippen LogP contribution is -2.53. The van der Waals surface area contributed by atoms with E-state index >= 15 is 0 Å². The minimum Gasteiger partial charge on any atom is -0.352 e. The maximum atomic E-state index is 14.3. The highest BCUT2D eigenvalue weighted by Gasteiger charge is 2.34. The zero-order valence-corrected chi connectivity index (χ0v) is 27.1. The van der Waals surface area contributed by atoms with Gasteiger partial charge in [-0.2, -0.15) is 0 Å². The standard InChI is InChI=1S/C33H39Cl2N3O4S/c1-4-31(33(40)36-26-10-8-9-11-26)37(21-24-14-19-29(34)30(35)20-24)32(39)22-38(27-17-15-25(16-18-27)23(2)3)43(41,42)28-12-6-5-7-13-28/h5-7,12-20,23,26,31H,4,8-11,21-22H2,1-3H3,(H,36,40). The SMILES string of the molecule is CCC(C(=O)NC1CCCC1)N(Cc1ccc(Cl)c(Cl)c1)C(=O)CN(c1ccc(C(C)C)cc1)S(=O)(=O)c1ccccc1. The fourth-order valence-corrected chi connectivity index (χ4v) is 7.15. The van der Waals surface area contributed by atoms with Crippen molar-refractivity contribution < 1.29 is 18.0 Å². The predicted molar refractivity (Wildman–Crippen MR) is 173 cm³/mol. The average molecular weight is 645 g/mol. The number of rotatable bonds is 12. The van der Waals surface area contributed by atoms with Gasteiger partial charge in [0.15, 0.2) is 0 Å². The van der Waals surface area contributed by atoms with Gasteiger partial charge >= 0.3 is 0 Å². The molecule has 1 atom stereocenters. The lowest BCUT2D eigenvalue weighted by molar-refractivity contribution is -0.140. The maximum Gasteiger partial charge on any atom is 0.264 e. The molecule has 0 aromatic heterocycles. The van der Waals surface area contributed by atoms with E-state index in [0.717, 1.165) is 35.6 Å². The van der Waals surface area contributed by atoms with Gasteiger partial charge in [0.1, 0.15) is 12.6 Å². The number of nitrogens with one attached hydrogen (secondary N) is 1. The third-order valence-corrected chi connectivity index (χ3v) is 10.4. The van der Waals surface area contributed by atoms with Crippen molar-refractivity contribution >= 4 is 50.7 Å². The van der Waals surface area contributed by atoms with Crippen molar-refractivity contribution in [3.05, 3.63) is 94.0 Å². The summed E-state index contributed by atoms with van der Waals surface area (Å²) in [5.41, 5.74) is 2.08. The molecule has 1 N–H and O–H groups in total. The molecule has 0 heterocycles. The number of amides is 2. The quantitative estimate of drug-likeness (QED) is 0.226. The Bertz CT molecular complexity index is 1510. The number of benzene rings is 3. The number of hydrogen-bond acceptors (Lipinski definition) is 4. The first kappa shape index (κ1) is 32.8. The molecular formula is C33H39Cl2N3O4S. The van der Waals surface area contributed by atoms with Crippen molar-refractivity contribution in [1.82, 2.24) is 10.2 Å². The van der Waals surface area contributed by atoms with E-state index in [-0.39, 0.29) is 29.3 Å². The molecule has 0 spiro atoms. The van der Waals surface area contributed by atoms with Crippen LogP contribution in [0.25, 0.3) is 0 Å². The predicted octanol–water partition coefficient (Wildman–Crippen LogP) is 7.18. The number of carbonyl (C=O) groups is 2. The summed E-state index contributed by atoms with van der Waals surface area (Å²) in [4.78, 5) is 29.4. The van der Waals surface area contributed by atoms with E-state index in [9.17, 15) is 18.0 Å². The van der Waals surface area contributed by atoms with Crippen LogP contribution in [-0.2, 0) is 26.2 Å². The molecule has 1 fully saturated rings. The molecule has 0 saturated heterocycles. The van der Waals surface area contributed by atoms with E-state index in [1.807, 2.05) is 19.1 Å². The summed E-state index contributed by atoms with van der Waals surface area (Å²) in [6, 6.07) is 19.5. The monoisotopic (exact) mass is 643 g/mol. The van der Waals surface area contributed by atoms with Crippen LogP contribution in [0.1, 0.15) is 69.9 Å². The van der Waals surface area contributed by atoms with Crippen LogP contribution in [0.15, 0.2) is 77.7 Å². The zero-order valence-electron chi connectivity index (χ0n) is 24.8. The van der Waals surface area contributed by atoms with Gasteiger partial charge in [0, 0.05) is 12.6 Å². The second-order valence-corrected chi connectivity index (χ2v) is 13.9. The molecule has 7 nitrogen and oxygen atoms in total. The summed E-state index contributed by atoms with van der Waals surface area (Å²) in [5.74, 6) is -0.506. The summed E-state index contributed by atoms with van der Waals surface area (Å²) in [7, 11) is -4.13. The summed E-state index contributed by atoms with van der Waals surface area (Å²) >= 11 is 12.4. The van der Waals surface area contributed by atoms with E-state index in [0.29, 0.717) is 27.7 Å². The number of carbonyl (C=O) groups excluding carboxylic acids is 2. The number of halogens is 2. The molecule has 1 saturated carbocycles. The van der Waals surface area contributed by atoms with Crippen molar-refractivity contribution in [1.29, 1.82) is 0 Å². The first-order valence-corrected chi connectivity index (χ1v) is 16.9. The number of hydrogen-bond donors (Lipinski definition) is 1. The molecule has 230 valence electrons. The van der Waals surface area contributed by atoms with Crippen LogP contribution in [-0.4, -0.2) is 43.8 Å². The molecule has 4 rings (SSSR count). The van der Waals surface area contributed by atoms with Crippen molar-refractivity contribution in [2.24, 2.45) is 0 Å². The molecule has 3 aromatic carbocycles. The number of anilines is 1. The van der Waals surface area contributed by atoms with E-state index in [4.69, 9.17) is 23.2 Å². The Kier molecular flexibility index (Phi) is 11.2. The molecule has 0 aliphatic heterocycles. The molecule has 1 aliphatic rings. The Morgan fingerprint density at radius 1 is 0.930 bits per heavy atom. The van der Waals surface area contributed by atoms with Gasteiger partial charge in [-0.05, 0) is 72.7 Å². The highest BCUT2D eigenvalue weighted by Crippen LogP contribution is 2.28. The van der Waals surface area contributed by atoms with E-state index in [2.05, 4.69) is 19.2 Å². The zero-order chi connectivity index (χ0) is 31.1. The molecule has 10 heteroatoms. The Morgan fingerprint density at radius 3 is 2.16 bits per heavy atom. The van der Waals surface area contributed by atoms with Crippen LogP contribution < -0.4 is 9.62 Å². The second kappa shape index (κ2) is 14.6. The van der Waals surface area contributed by atoms with Gasteiger partial charge in [-0.3, -0.25) is 13.9 Å². The highest BCUT2D eigenvalue weighted by molar-refractivity contribution is 7.92. The first-order chi connectivity index (χ1) is 20.5. The van der Waals surface area contributed by atoms with Crippen molar-refractivity contribution in [2.75, 3.05) is 10.8 Å². The van der Waals surface area contributed by atoms with E-state index in [1.165, 1.54) is 17.0 Å². The largest absolute Gasteiger partial charge is 0.352 e. The van der Waals surface area contributed by atoms with Gasteiger partial charge < -0.3 is 10.2 Å². The Hall–Kier alpha value is -3.07. The molecular weight excluding hydrogens is 605 g/mol. The maximum absolute atomic E-state index is 14.3. The van der Waals surface area contributed by atoms with Gasteiger partial charge in [0.25, 0.3) is 10.0 Å². The lowest BCUT2D eigenvalue weighted by Gasteiger charge is -2.34. The fraction of sp³-hybridized carbons (Fsp3) is 0.394. The second-order valence-electron chi connectivity index (χ2n) is 11.3. The molecule has 3 aromatic rings. The smallest absolute Gasteiger partial charge is 0.264 e. The van der Waals surface area contributed by atoms with Gasteiger partial charge in [-0.15, -0.1) is 0 Å². The molecule has 0 bridgehead atoms. The Balaban J connectivity index is 1.72. The fourth-order valence-electron chi connectivity index (χ4n) is 5.40. The van der Waals surface area contributed by atoms with E-state index < -0.39 is 28.5 Å². The first-order valence-electron chi connectivity index (χ1n) is 14.7. The van der Waals surface area contributed by atoms with Gasteiger partial charge in [0.2, 0.25) is 11.8 Å². The highest BCUT2D eigenvalue weighted by atomic mass is 35.5. The topological polar surface area (TPSA) is 86.8 Å². The average Bonchev–Trinajstić information content (AvgIpc) is 3.51. The molecule has 1 aliphatic carbocycles. The van der Waals surface area contributed by atoms with Gasteiger partial charge in [-0.1, -0.05) is 93.2 Å². The summed E-state index contributed by atoms with van der Waals surface area (Å²) in [5, 5.41) is 3.82. The third-order valence-electron chi connectivity index (χ3n) is 7.88. The molecule has 2 amide bonds. The van der Waals surface area contributed by atoms with Crippen molar-refractivity contribution in [2.45, 2.75) is 82.3 Å². The van der Waals surface area contributed by atoms with Crippen molar-refractivity contribution in [3.63, 3.8) is 0 Å². The van der Waals surface area contributed by atoms with Crippen LogP contribution in [0.3, 0.4) is 0 Å². The number of nitrogens with zero attached hydrogens (tertiary/aromatic N) is 2. The van der Waals surface area contributed by atoms with Crippen LogP contribution in [0.2, 0.25) is 10.0 Å². The van der Waals surface area contributed by atoms with Crippen LogP contribution in [0.4, 0.5) is 5.69 Å². The Labute approximate surface area is 265 Å². The minimum atomic E-state index is -4.13.